The number of hydrogen-bond acceptors (Lipinski definition) is 0. The van der Waals surface area contributed by atoms with Crippen molar-refractivity contribution in [2.75, 3.05) is 24.6 Å². The van der Waals surface area contributed by atoms with Crippen molar-refractivity contribution in [2.24, 2.45) is 37.9 Å². The van der Waals surface area contributed by atoms with Gasteiger partial charge in [-0.1, -0.05) is 125 Å². The van der Waals surface area contributed by atoms with E-state index < -0.39 is 7.26 Å². The van der Waals surface area contributed by atoms with E-state index in [1.807, 2.05) is 0 Å². The summed E-state index contributed by atoms with van der Waals surface area (Å²) < 4.78 is 0. The van der Waals surface area contributed by atoms with Crippen LogP contribution in [0.1, 0.15) is 125 Å². The molecule has 0 bridgehead atoms. The van der Waals surface area contributed by atoms with E-state index in [1.165, 1.54) is 24.6 Å². The van der Waals surface area contributed by atoms with Gasteiger partial charge in [0, 0.05) is 12.7 Å². The second-order valence-electron chi connectivity index (χ2n) is 17.0. The highest BCUT2D eigenvalue weighted by atomic mass is 31.2. The molecule has 0 N–H and O–H groups in total. The largest absolute Gasteiger partial charge is 0.0651 e. The van der Waals surface area contributed by atoms with E-state index in [1.54, 1.807) is 0 Å². The summed E-state index contributed by atoms with van der Waals surface area (Å²) in [7, 11) is -1.20. The lowest BCUT2D eigenvalue weighted by molar-refractivity contribution is -0.0777. The van der Waals surface area contributed by atoms with Gasteiger partial charge >= 0.3 is 0 Å². The zero-order chi connectivity index (χ0) is 24.8. The quantitative estimate of drug-likeness (QED) is 0.345. The van der Waals surface area contributed by atoms with Gasteiger partial charge in [-0.15, -0.1) is 0 Å². The molecule has 0 spiro atoms. The fourth-order valence-electron chi connectivity index (χ4n) is 6.17. The fourth-order valence-corrected chi connectivity index (χ4v) is 15.0. The third kappa shape index (κ3) is 8.09. The normalized spacial score (nSPS) is 16.2. The molecule has 0 aromatic carbocycles. The zero-order valence-corrected chi connectivity index (χ0v) is 25.7. The van der Waals surface area contributed by atoms with Crippen molar-refractivity contribution < 1.29 is 0 Å². The van der Waals surface area contributed by atoms with Crippen molar-refractivity contribution in [1.29, 1.82) is 0 Å². The Morgan fingerprint density at radius 2 is 0.633 bits per heavy atom. The highest BCUT2D eigenvalue weighted by Gasteiger charge is 2.58. The fraction of sp³-hybridized carbons (Fsp3) is 1.00. The third-order valence-corrected chi connectivity index (χ3v) is 14.6. The summed E-state index contributed by atoms with van der Waals surface area (Å²) in [5, 5.41) is 0. The predicted octanol–water partition coefficient (Wildman–Crippen LogP) is 10.3. The first-order valence-electron chi connectivity index (χ1n) is 12.4. The van der Waals surface area contributed by atoms with E-state index in [9.17, 15) is 0 Å². The summed E-state index contributed by atoms with van der Waals surface area (Å²) >= 11 is 0. The van der Waals surface area contributed by atoms with Gasteiger partial charge < -0.3 is 0 Å². The summed E-state index contributed by atoms with van der Waals surface area (Å²) in [4.78, 5) is 0. The Bertz CT molecular complexity index is 506. The minimum Gasteiger partial charge on any atom is -0.0596 e. The highest BCUT2D eigenvalue weighted by Crippen LogP contribution is 2.72. The summed E-state index contributed by atoms with van der Waals surface area (Å²) in [5.41, 5.74) is 2.16. The number of rotatable bonds is 7. The van der Waals surface area contributed by atoms with Crippen molar-refractivity contribution in [3.05, 3.63) is 0 Å². The Morgan fingerprint density at radius 1 is 0.367 bits per heavy atom. The molecule has 0 aromatic heterocycles. The minimum atomic E-state index is -1.20. The molecule has 0 atom stereocenters. The van der Waals surface area contributed by atoms with Crippen LogP contribution in [-0.2, 0) is 0 Å². The van der Waals surface area contributed by atoms with Gasteiger partial charge in [0.05, 0.1) is 24.6 Å². The summed E-state index contributed by atoms with van der Waals surface area (Å²) in [6.45, 7) is 45.0. The molecule has 1 heteroatoms. The summed E-state index contributed by atoms with van der Waals surface area (Å²) in [5.74, 6) is 0. The zero-order valence-electron chi connectivity index (χ0n) is 24.8. The molecule has 0 rings (SSSR count). The van der Waals surface area contributed by atoms with Crippen molar-refractivity contribution in [3.63, 3.8) is 0 Å². The topological polar surface area (TPSA) is 0 Å². The Labute approximate surface area is 194 Å². The van der Waals surface area contributed by atoms with Crippen LogP contribution in [0.4, 0.5) is 0 Å². The molecule has 182 valence electrons. The van der Waals surface area contributed by atoms with Crippen LogP contribution < -0.4 is 0 Å². The van der Waals surface area contributed by atoms with Gasteiger partial charge in [-0.25, -0.2) is 0 Å². The molecular formula is C29H62P+. The Balaban J connectivity index is 6.62. The Kier molecular flexibility index (Phi) is 8.78. The molecule has 30 heavy (non-hydrogen) atoms. The molecular weight excluding hydrogens is 379 g/mol. The molecule has 0 saturated heterocycles. The first-order chi connectivity index (χ1) is 12.6. The van der Waals surface area contributed by atoms with Crippen LogP contribution in [-0.4, -0.2) is 24.6 Å². The van der Waals surface area contributed by atoms with E-state index in [-0.39, 0.29) is 21.7 Å². The monoisotopic (exact) mass is 441 g/mol. The van der Waals surface area contributed by atoms with Crippen LogP contribution in [0.25, 0.3) is 0 Å². The van der Waals surface area contributed by atoms with Crippen LogP contribution in [0, 0.1) is 37.9 Å². The molecule has 0 radical (unpaired) electrons. The van der Waals surface area contributed by atoms with Crippen LogP contribution in [0.2, 0.25) is 0 Å². The Hall–Kier alpha value is 0.430. The maximum Gasteiger partial charge on any atom is 0.0651 e. The molecule has 0 nitrogen and oxygen atoms in total. The minimum absolute atomic E-state index is 0.233. The van der Waals surface area contributed by atoms with Gasteiger partial charge in [-0.2, -0.15) is 0 Å². The van der Waals surface area contributed by atoms with E-state index in [2.05, 4.69) is 125 Å². The lowest BCUT2D eigenvalue weighted by atomic mass is 9.48. The molecule has 0 aliphatic carbocycles. The van der Waals surface area contributed by atoms with Gasteiger partial charge in [0.15, 0.2) is 0 Å². The molecule has 0 amide bonds. The smallest absolute Gasteiger partial charge is 0.0596 e. The predicted molar refractivity (Wildman–Crippen MR) is 146 cm³/mol. The first kappa shape index (κ1) is 30.4. The van der Waals surface area contributed by atoms with Gasteiger partial charge in [-0.05, 0) is 32.5 Å². The van der Waals surface area contributed by atoms with Crippen LogP contribution >= 0.6 is 7.26 Å². The maximum atomic E-state index is 2.60. The first-order valence-corrected chi connectivity index (χ1v) is 15.0. The average molecular weight is 442 g/mol. The maximum absolute atomic E-state index is 2.60. The molecule has 0 fully saturated rings. The third-order valence-electron chi connectivity index (χ3n) is 8.29. The van der Waals surface area contributed by atoms with E-state index in [0.717, 1.165) is 0 Å². The lowest BCUT2D eigenvalue weighted by Gasteiger charge is -2.59. The summed E-state index contributed by atoms with van der Waals surface area (Å²) in [6, 6.07) is 0. The van der Waals surface area contributed by atoms with Crippen molar-refractivity contribution in [3.8, 4) is 0 Å². The van der Waals surface area contributed by atoms with Gasteiger partial charge in [0.1, 0.15) is 0 Å². The van der Waals surface area contributed by atoms with Crippen molar-refractivity contribution in [2.45, 2.75) is 125 Å². The molecule has 0 aliphatic rings. The second kappa shape index (κ2) is 8.65. The Morgan fingerprint density at radius 3 is 0.833 bits per heavy atom. The van der Waals surface area contributed by atoms with Crippen LogP contribution in [0.3, 0.4) is 0 Å². The van der Waals surface area contributed by atoms with Gasteiger partial charge in [-0.3, -0.25) is 0 Å². The molecule has 0 aliphatic heterocycles. The average Bonchev–Trinajstić information content (AvgIpc) is 2.27. The molecule has 0 aromatic rings. The van der Waals surface area contributed by atoms with Gasteiger partial charge in [0.25, 0.3) is 0 Å². The summed E-state index contributed by atoms with van der Waals surface area (Å²) in [6.07, 6.45) is 5.62. The van der Waals surface area contributed by atoms with E-state index >= 15 is 0 Å². The standard InChI is InChI=1S/C29H62P/c1-23(2,3)19-30(20-24(4,5)6,21-25(7,8)9)22-27(13,14)29(17,18)28(15,16)26(10,11)12/h19-22H2,1-18H3/q+1. The van der Waals surface area contributed by atoms with Crippen molar-refractivity contribution >= 4 is 7.26 Å². The SMILES string of the molecule is CC(C)(C)C[P+](CC(C)(C)C)(CC(C)(C)C)CC(C)(C)C(C)(C)C(C)(C)C(C)(C)C. The van der Waals surface area contributed by atoms with Gasteiger partial charge in [0.2, 0.25) is 0 Å². The second-order valence-corrected chi connectivity index (χ2v) is 21.0. The number of hydrogen-bond donors (Lipinski definition) is 0. The van der Waals surface area contributed by atoms with Crippen molar-refractivity contribution in [1.82, 2.24) is 0 Å². The molecule has 0 unspecified atom stereocenters. The lowest BCUT2D eigenvalue weighted by Crippen LogP contribution is -2.53. The van der Waals surface area contributed by atoms with Crippen LogP contribution in [0.5, 0.6) is 0 Å². The van der Waals surface area contributed by atoms with E-state index in [0.29, 0.717) is 16.2 Å². The van der Waals surface area contributed by atoms with Crippen LogP contribution in [0.15, 0.2) is 0 Å². The van der Waals surface area contributed by atoms with E-state index in [4.69, 9.17) is 0 Å². The molecule has 0 saturated carbocycles. The molecule has 0 heterocycles. The highest BCUT2D eigenvalue weighted by molar-refractivity contribution is 7.76.